The summed E-state index contributed by atoms with van der Waals surface area (Å²) in [6.45, 7) is 1.92. The molecule has 0 aliphatic carbocycles. The second kappa shape index (κ2) is 3.87. The summed E-state index contributed by atoms with van der Waals surface area (Å²) in [6, 6.07) is 3.20. The van der Waals surface area contributed by atoms with Crippen molar-refractivity contribution in [2.45, 2.75) is 12.8 Å². The minimum Gasteiger partial charge on any atom is -0.506 e. The van der Waals surface area contributed by atoms with Crippen molar-refractivity contribution in [3.8, 4) is 5.75 Å². The Morgan fingerprint density at radius 3 is 2.43 bits per heavy atom. The van der Waals surface area contributed by atoms with E-state index in [1.165, 1.54) is 6.07 Å². The molecule has 1 N–H and O–H groups in total. The molecule has 0 spiro atoms. The van der Waals surface area contributed by atoms with Crippen LogP contribution < -0.4 is 4.90 Å². The molecule has 0 radical (unpaired) electrons. The van der Waals surface area contributed by atoms with E-state index in [0.29, 0.717) is 10.0 Å². The first kappa shape index (κ1) is 9.94. The van der Waals surface area contributed by atoms with Gasteiger partial charge in [0, 0.05) is 13.1 Å². The highest BCUT2D eigenvalue weighted by molar-refractivity contribution is 6.40. The first-order chi connectivity index (χ1) is 6.70. The maximum absolute atomic E-state index is 9.47. The zero-order valence-electron chi connectivity index (χ0n) is 7.63. The van der Waals surface area contributed by atoms with Crippen LogP contribution in [0.3, 0.4) is 0 Å². The summed E-state index contributed by atoms with van der Waals surface area (Å²) < 4.78 is 0. The Balaban J connectivity index is 2.44. The Morgan fingerprint density at radius 2 is 1.79 bits per heavy atom. The first-order valence-electron chi connectivity index (χ1n) is 4.62. The number of nitrogens with zero attached hydrogens (tertiary/aromatic N) is 1. The lowest BCUT2D eigenvalue weighted by Gasteiger charge is -2.20. The molecule has 2 rings (SSSR count). The van der Waals surface area contributed by atoms with E-state index in [2.05, 4.69) is 4.90 Å². The number of hydrogen-bond acceptors (Lipinski definition) is 2. The number of hydrogen-bond donors (Lipinski definition) is 1. The molecule has 1 aromatic carbocycles. The van der Waals surface area contributed by atoms with Crippen LogP contribution in [-0.4, -0.2) is 18.2 Å². The number of anilines is 1. The average molecular weight is 232 g/mol. The number of phenols is 1. The van der Waals surface area contributed by atoms with Crippen LogP contribution in [0.5, 0.6) is 5.75 Å². The van der Waals surface area contributed by atoms with Gasteiger partial charge in [-0.3, -0.25) is 0 Å². The van der Waals surface area contributed by atoms with Crippen molar-refractivity contribution in [1.82, 2.24) is 0 Å². The van der Waals surface area contributed by atoms with E-state index in [4.69, 9.17) is 23.2 Å². The number of benzene rings is 1. The second-order valence-corrected chi connectivity index (χ2v) is 4.21. The Kier molecular flexibility index (Phi) is 2.75. The van der Waals surface area contributed by atoms with Crippen LogP contribution in [-0.2, 0) is 0 Å². The predicted octanol–water partition coefficient (Wildman–Crippen LogP) is 3.30. The molecule has 1 aromatic rings. The zero-order chi connectivity index (χ0) is 10.1. The Labute approximate surface area is 93.0 Å². The molecular weight excluding hydrogens is 221 g/mol. The SMILES string of the molecule is Oc1ccc(Cl)c(N2CCCC2)c1Cl. The molecule has 1 fully saturated rings. The van der Waals surface area contributed by atoms with Crippen LogP contribution in [0.25, 0.3) is 0 Å². The third-order valence-corrected chi connectivity index (χ3v) is 3.15. The van der Waals surface area contributed by atoms with E-state index in [0.717, 1.165) is 31.6 Å². The largest absolute Gasteiger partial charge is 0.506 e. The molecule has 0 unspecified atom stereocenters. The summed E-state index contributed by atoms with van der Waals surface area (Å²) in [5.41, 5.74) is 0.769. The van der Waals surface area contributed by atoms with Gasteiger partial charge in [0.25, 0.3) is 0 Å². The topological polar surface area (TPSA) is 23.5 Å². The van der Waals surface area contributed by atoms with E-state index < -0.39 is 0 Å². The highest BCUT2D eigenvalue weighted by Crippen LogP contribution is 2.40. The highest BCUT2D eigenvalue weighted by atomic mass is 35.5. The molecule has 1 heterocycles. The van der Waals surface area contributed by atoms with Gasteiger partial charge in [0.1, 0.15) is 10.8 Å². The summed E-state index contributed by atoms with van der Waals surface area (Å²) in [5.74, 6) is 0.0953. The van der Waals surface area contributed by atoms with Crippen LogP contribution in [0.1, 0.15) is 12.8 Å². The van der Waals surface area contributed by atoms with Crippen LogP contribution >= 0.6 is 23.2 Å². The van der Waals surface area contributed by atoms with Crippen LogP contribution in [0.15, 0.2) is 12.1 Å². The van der Waals surface area contributed by atoms with Gasteiger partial charge in [0.15, 0.2) is 0 Å². The van der Waals surface area contributed by atoms with Crippen molar-refractivity contribution in [3.05, 3.63) is 22.2 Å². The van der Waals surface area contributed by atoms with Gasteiger partial charge in [-0.1, -0.05) is 23.2 Å². The van der Waals surface area contributed by atoms with Gasteiger partial charge in [-0.15, -0.1) is 0 Å². The van der Waals surface area contributed by atoms with E-state index in [1.54, 1.807) is 6.07 Å². The van der Waals surface area contributed by atoms with E-state index in [-0.39, 0.29) is 5.75 Å². The molecule has 0 amide bonds. The van der Waals surface area contributed by atoms with Gasteiger partial charge >= 0.3 is 0 Å². The van der Waals surface area contributed by atoms with E-state index in [1.807, 2.05) is 0 Å². The van der Waals surface area contributed by atoms with Crippen LogP contribution in [0.4, 0.5) is 5.69 Å². The Bertz CT molecular complexity index is 348. The third-order valence-electron chi connectivity index (χ3n) is 2.47. The van der Waals surface area contributed by atoms with Crippen molar-refractivity contribution in [1.29, 1.82) is 0 Å². The smallest absolute Gasteiger partial charge is 0.136 e. The predicted molar refractivity (Wildman–Crippen MR) is 59.6 cm³/mol. The molecule has 0 aromatic heterocycles. The molecule has 0 bridgehead atoms. The zero-order valence-corrected chi connectivity index (χ0v) is 9.15. The number of halogens is 2. The molecule has 76 valence electrons. The minimum absolute atomic E-state index is 0.0953. The summed E-state index contributed by atoms with van der Waals surface area (Å²) in [5, 5.41) is 10.4. The molecule has 1 aliphatic rings. The maximum atomic E-state index is 9.47. The third kappa shape index (κ3) is 1.64. The normalized spacial score (nSPS) is 16.3. The molecule has 14 heavy (non-hydrogen) atoms. The van der Waals surface area contributed by atoms with Crippen molar-refractivity contribution in [2.75, 3.05) is 18.0 Å². The lowest BCUT2D eigenvalue weighted by atomic mass is 10.2. The molecular formula is C10H11Cl2NO. The molecule has 0 atom stereocenters. The van der Waals surface area contributed by atoms with E-state index >= 15 is 0 Å². The average Bonchev–Trinajstić information content (AvgIpc) is 2.65. The lowest BCUT2D eigenvalue weighted by Crippen LogP contribution is -2.18. The van der Waals surface area contributed by atoms with Crippen LogP contribution in [0.2, 0.25) is 10.0 Å². The van der Waals surface area contributed by atoms with Gasteiger partial charge in [0.05, 0.1) is 10.7 Å². The summed E-state index contributed by atoms with van der Waals surface area (Å²) in [7, 11) is 0. The van der Waals surface area contributed by atoms with Gasteiger partial charge < -0.3 is 10.0 Å². The van der Waals surface area contributed by atoms with Crippen molar-refractivity contribution in [2.24, 2.45) is 0 Å². The van der Waals surface area contributed by atoms with Gasteiger partial charge in [-0.05, 0) is 25.0 Å². The van der Waals surface area contributed by atoms with Crippen LogP contribution in [0, 0.1) is 0 Å². The Morgan fingerprint density at radius 1 is 1.14 bits per heavy atom. The highest BCUT2D eigenvalue weighted by Gasteiger charge is 2.19. The molecule has 1 saturated heterocycles. The van der Waals surface area contributed by atoms with Gasteiger partial charge in [-0.2, -0.15) is 0 Å². The lowest BCUT2D eigenvalue weighted by molar-refractivity contribution is 0.475. The van der Waals surface area contributed by atoms with Crippen molar-refractivity contribution >= 4 is 28.9 Å². The second-order valence-electron chi connectivity index (χ2n) is 3.42. The molecule has 4 heteroatoms. The standard InChI is InChI=1S/C10H11Cl2NO/c11-7-3-4-8(14)9(12)10(7)13-5-1-2-6-13/h3-4,14H,1-2,5-6H2. The fourth-order valence-corrected chi connectivity index (χ4v) is 2.37. The summed E-state index contributed by atoms with van der Waals surface area (Å²) >= 11 is 12.0. The number of aromatic hydroxyl groups is 1. The maximum Gasteiger partial charge on any atom is 0.136 e. The summed E-state index contributed by atoms with van der Waals surface area (Å²) in [6.07, 6.45) is 2.31. The fourth-order valence-electron chi connectivity index (χ4n) is 1.76. The fraction of sp³-hybridized carbons (Fsp3) is 0.400. The number of rotatable bonds is 1. The van der Waals surface area contributed by atoms with E-state index in [9.17, 15) is 5.11 Å². The van der Waals surface area contributed by atoms with Crippen molar-refractivity contribution < 1.29 is 5.11 Å². The molecule has 2 nitrogen and oxygen atoms in total. The number of phenolic OH excluding ortho intramolecular Hbond substituents is 1. The summed E-state index contributed by atoms with van der Waals surface area (Å²) in [4.78, 5) is 2.12. The van der Waals surface area contributed by atoms with Gasteiger partial charge in [-0.25, -0.2) is 0 Å². The monoisotopic (exact) mass is 231 g/mol. The minimum atomic E-state index is 0.0953. The molecule has 0 saturated carbocycles. The quantitative estimate of drug-likeness (QED) is 0.802. The van der Waals surface area contributed by atoms with Gasteiger partial charge in [0.2, 0.25) is 0 Å². The van der Waals surface area contributed by atoms with Crippen molar-refractivity contribution in [3.63, 3.8) is 0 Å². The first-order valence-corrected chi connectivity index (χ1v) is 5.37. The molecule has 1 aliphatic heterocycles. The Hall–Kier alpha value is -0.600.